The molecule has 3 aromatic rings. The zero-order chi connectivity index (χ0) is 20.2. The molecule has 2 heterocycles. The van der Waals surface area contributed by atoms with E-state index >= 15 is 0 Å². The molecule has 1 amide bonds. The van der Waals surface area contributed by atoms with Gasteiger partial charge in [0.15, 0.2) is 16.6 Å². The van der Waals surface area contributed by atoms with Gasteiger partial charge in [0.05, 0.1) is 17.3 Å². The second-order valence-electron chi connectivity index (χ2n) is 6.18. The Kier molecular flexibility index (Phi) is 6.08. The molecule has 6 nitrogen and oxygen atoms in total. The van der Waals surface area contributed by atoms with Crippen LogP contribution in [0.3, 0.4) is 0 Å². The summed E-state index contributed by atoms with van der Waals surface area (Å²) in [6.07, 6.45) is 0.856. The number of hydrogen-bond donors (Lipinski definition) is 1. The number of amides is 1. The van der Waals surface area contributed by atoms with Crippen LogP contribution in [-0.4, -0.2) is 24.3 Å². The molecule has 0 radical (unpaired) electrons. The molecule has 2 aromatic carbocycles. The van der Waals surface area contributed by atoms with Crippen LogP contribution in [0.1, 0.15) is 12.8 Å². The van der Waals surface area contributed by atoms with Crippen molar-refractivity contribution in [3.63, 3.8) is 0 Å². The first kappa shape index (κ1) is 19.8. The smallest absolute Gasteiger partial charge is 0.231 e. The number of fused-ring (bicyclic) bond motifs is 1. The number of aromatic nitrogens is 1. The highest BCUT2D eigenvalue weighted by molar-refractivity contribution is 7.14. The molecule has 0 unspecified atom stereocenters. The van der Waals surface area contributed by atoms with Gasteiger partial charge in [0.25, 0.3) is 0 Å². The van der Waals surface area contributed by atoms with E-state index in [1.807, 2.05) is 23.6 Å². The summed E-state index contributed by atoms with van der Waals surface area (Å²) in [6, 6.07) is 10.7. The number of benzene rings is 2. The standard InChI is InChI=1S/C20H16Cl2N2O4S/c21-13-4-6-16(14(22)9-13)26-7-1-2-19(25)24-20-23-15(10-29-20)12-3-5-17-18(8-12)28-11-27-17/h3-6,8-10H,1-2,7,11H2,(H,23,24,25). The average molecular weight is 451 g/mol. The van der Waals surface area contributed by atoms with Crippen LogP contribution in [-0.2, 0) is 4.79 Å². The lowest BCUT2D eigenvalue weighted by Gasteiger charge is -2.08. The number of carbonyl (C=O) groups is 1. The van der Waals surface area contributed by atoms with Crippen molar-refractivity contribution in [1.82, 2.24) is 4.98 Å². The van der Waals surface area contributed by atoms with E-state index < -0.39 is 0 Å². The Hall–Kier alpha value is -2.48. The summed E-state index contributed by atoms with van der Waals surface area (Å²) in [5, 5.41) is 6.24. The fourth-order valence-electron chi connectivity index (χ4n) is 2.71. The zero-order valence-electron chi connectivity index (χ0n) is 15.1. The number of nitrogens with zero attached hydrogens (tertiary/aromatic N) is 1. The summed E-state index contributed by atoms with van der Waals surface area (Å²) in [7, 11) is 0. The normalized spacial score (nSPS) is 12.1. The quantitative estimate of drug-likeness (QED) is 0.471. The van der Waals surface area contributed by atoms with E-state index in [2.05, 4.69) is 10.3 Å². The van der Waals surface area contributed by atoms with Crippen LogP contribution in [0.15, 0.2) is 41.8 Å². The first-order chi connectivity index (χ1) is 14.1. The van der Waals surface area contributed by atoms with Gasteiger partial charge in [-0.2, -0.15) is 0 Å². The number of rotatable bonds is 7. The van der Waals surface area contributed by atoms with Gasteiger partial charge in [0, 0.05) is 22.4 Å². The van der Waals surface area contributed by atoms with Crippen molar-refractivity contribution in [3.8, 4) is 28.5 Å². The molecule has 4 rings (SSSR count). The summed E-state index contributed by atoms with van der Waals surface area (Å²) in [5.41, 5.74) is 1.67. The Balaban J connectivity index is 1.26. The molecule has 1 aromatic heterocycles. The minimum absolute atomic E-state index is 0.123. The molecule has 0 atom stereocenters. The topological polar surface area (TPSA) is 69.7 Å². The predicted octanol–water partition coefficient (Wildman–Crippen LogP) is 5.64. The van der Waals surface area contributed by atoms with Gasteiger partial charge >= 0.3 is 0 Å². The second-order valence-corrected chi connectivity index (χ2v) is 7.88. The molecular weight excluding hydrogens is 435 g/mol. The van der Waals surface area contributed by atoms with Gasteiger partial charge in [-0.3, -0.25) is 4.79 Å². The predicted molar refractivity (Wildman–Crippen MR) is 113 cm³/mol. The van der Waals surface area contributed by atoms with Crippen molar-refractivity contribution >= 4 is 45.6 Å². The van der Waals surface area contributed by atoms with Crippen molar-refractivity contribution in [1.29, 1.82) is 0 Å². The van der Waals surface area contributed by atoms with Crippen molar-refractivity contribution in [2.24, 2.45) is 0 Å². The fourth-order valence-corrected chi connectivity index (χ4v) is 3.91. The van der Waals surface area contributed by atoms with Crippen molar-refractivity contribution in [2.45, 2.75) is 12.8 Å². The molecule has 0 saturated heterocycles. The Bertz CT molecular complexity index is 1040. The van der Waals surface area contributed by atoms with Crippen LogP contribution >= 0.6 is 34.5 Å². The summed E-state index contributed by atoms with van der Waals surface area (Å²) < 4.78 is 16.3. The molecule has 150 valence electrons. The van der Waals surface area contributed by atoms with E-state index in [1.165, 1.54) is 11.3 Å². The lowest BCUT2D eigenvalue weighted by atomic mass is 10.1. The van der Waals surface area contributed by atoms with E-state index in [0.717, 1.165) is 17.0 Å². The molecule has 9 heteroatoms. The van der Waals surface area contributed by atoms with Gasteiger partial charge < -0.3 is 19.5 Å². The van der Waals surface area contributed by atoms with Crippen LogP contribution in [0.4, 0.5) is 5.13 Å². The summed E-state index contributed by atoms with van der Waals surface area (Å²) >= 11 is 13.3. The SMILES string of the molecule is O=C(CCCOc1ccc(Cl)cc1Cl)Nc1nc(-c2ccc3c(c2)OCO3)cs1. The van der Waals surface area contributed by atoms with E-state index in [1.54, 1.807) is 18.2 Å². The molecule has 1 aliphatic heterocycles. The molecule has 1 N–H and O–H groups in total. The highest BCUT2D eigenvalue weighted by atomic mass is 35.5. The van der Waals surface area contributed by atoms with Gasteiger partial charge in [-0.05, 0) is 42.8 Å². The Morgan fingerprint density at radius 3 is 2.90 bits per heavy atom. The van der Waals surface area contributed by atoms with Gasteiger partial charge in [-0.15, -0.1) is 11.3 Å². The van der Waals surface area contributed by atoms with Gasteiger partial charge in [0.1, 0.15) is 5.75 Å². The maximum atomic E-state index is 12.2. The Morgan fingerprint density at radius 1 is 1.17 bits per heavy atom. The van der Waals surface area contributed by atoms with Crippen LogP contribution in [0.5, 0.6) is 17.2 Å². The van der Waals surface area contributed by atoms with Crippen LogP contribution < -0.4 is 19.5 Å². The van der Waals surface area contributed by atoms with Crippen molar-refractivity contribution in [2.75, 3.05) is 18.7 Å². The zero-order valence-corrected chi connectivity index (χ0v) is 17.4. The Morgan fingerprint density at radius 2 is 2.03 bits per heavy atom. The molecule has 0 fully saturated rings. The van der Waals surface area contributed by atoms with Crippen molar-refractivity contribution < 1.29 is 19.0 Å². The second kappa shape index (κ2) is 8.90. The number of halogens is 2. The number of anilines is 1. The summed E-state index contributed by atoms with van der Waals surface area (Å²) in [4.78, 5) is 16.6. The van der Waals surface area contributed by atoms with Crippen LogP contribution in [0.2, 0.25) is 10.0 Å². The van der Waals surface area contributed by atoms with Gasteiger partial charge in [-0.25, -0.2) is 4.98 Å². The highest BCUT2D eigenvalue weighted by Crippen LogP contribution is 2.36. The van der Waals surface area contributed by atoms with Crippen LogP contribution in [0, 0.1) is 0 Å². The van der Waals surface area contributed by atoms with E-state index in [0.29, 0.717) is 46.1 Å². The monoisotopic (exact) mass is 450 g/mol. The lowest BCUT2D eigenvalue weighted by Crippen LogP contribution is -2.12. The number of hydrogen-bond acceptors (Lipinski definition) is 6. The largest absolute Gasteiger partial charge is 0.492 e. The minimum atomic E-state index is -0.123. The molecule has 0 bridgehead atoms. The van der Waals surface area contributed by atoms with Gasteiger partial charge in [0.2, 0.25) is 12.7 Å². The lowest BCUT2D eigenvalue weighted by molar-refractivity contribution is -0.116. The number of nitrogens with one attached hydrogen (secondary N) is 1. The van der Waals surface area contributed by atoms with Crippen molar-refractivity contribution in [3.05, 3.63) is 51.8 Å². The molecular formula is C20H16Cl2N2O4S. The maximum Gasteiger partial charge on any atom is 0.231 e. The fraction of sp³-hybridized carbons (Fsp3) is 0.200. The Labute approximate surface area is 181 Å². The molecule has 29 heavy (non-hydrogen) atoms. The maximum absolute atomic E-state index is 12.2. The number of thiazole rings is 1. The molecule has 0 spiro atoms. The van der Waals surface area contributed by atoms with E-state index in [-0.39, 0.29) is 12.7 Å². The highest BCUT2D eigenvalue weighted by Gasteiger charge is 2.15. The molecule has 0 aliphatic carbocycles. The first-order valence-corrected chi connectivity index (χ1v) is 10.5. The average Bonchev–Trinajstić information content (AvgIpc) is 3.35. The summed E-state index contributed by atoms with van der Waals surface area (Å²) in [5.74, 6) is 1.84. The third kappa shape index (κ3) is 4.93. The van der Waals surface area contributed by atoms with E-state index in [9.17, 15) is 4.79 Å². The van der Waals surface area contributed by atoms with E-state index in [4.69, 9.17) is 37.4 Å². The van der Waals surface area contributed by atoms with Crippen LogP contribution in [0.25, 0.3) is 11.3 Å². The first-order valence-electron chi connectivity index (χ1n) is 8.82. The third-order valence-electron chi connectivity index (χ3n) is 4.12. The third-order valence-corrected chi connectivity index (χ3v) is 5.41. The minimum Gasteiger partial charge on any atom is -0.492 e. The summed E-state index contributed by atoms with van der Waals surface area (Å²) in [6.45, 7) is 0.597. The number of ether oxygens (including phenoxy) is 3. The number of carbonyl (C=O) groups excluding carboxylic acids is 1. The molecule has 0 saturated carbocycles. The molecule has 1 aliphatic rings. The van der Waals surface area contributed by atoms with Gasteiger partial charge in [-0.1, -0.05) is 23.2 Å².